The van der Waals surface area contributed by atoms with E-state index < -0.39 is 6.10 Å². The minimum absolute atomic E-state index is 0.0285. The Labute approximate surface area is 64.2 Å². The van der Waals surface area contributed by atoms with Crippen LogP contribution in [0.5, 0.6) is 0 Å². The minimum Gasteiger partial charge on any atom is -0.396 e. The molecule has 58 valence electrons. The zero-order valence-electron chi connectivity index (χ0n) is 5.66. The van der Waals surface area contributed by atoms with Gasteiger partial charge in [-0.05, 0) is 0 Å². The van der Waals surface area contributed by atoms with Crippen LogP contribution in [0.15, 0.2) is 4.99 Å². The average molecular weight is 161 g/mol. The predicted octanol–water partition coefficient (Wildman–Crippen LogP) is -0.125. The zero-order valence-corrected chi connectivity index (χ0v) is 6.47. The van der Waals surface area contributed by atoms with Crippen molar-refractivity contribution in [2.24, 2.45) is 4.99 Å². The summed E-state index contributed by atoms with van der Waals surface area (Å²) in [5.41, 5.74) is 0. The van der Waals surface area contributed by atoms with E-state index in [1.807, 2.05) is 0 Å². The first-order valence-corrected chi connectivity index (χ1v) is 4.29. The predicted molar refractivity (Wildman–Crippen MR) is 42.5 cm³/mol. The number of aliphatic imine (C=N–C) groups is 1. The van der Waals surface area contributed by atoms with Crippen molar-refractivity contribution < 1.29 is 10.2 Å². The third-order valence-corrected chi connectivity index (χ3v) is 2.38. The summed E-state index contributed by atoms with van der Waals surface area (Å²) < 4.78 is 0. The van der Waals surface area contributed by atoms with E-state index in [1.165, 1.54) is 0 Å². The molecule has 0 spiro atoms. The molecule has 4 heteroatoms. The highest BCUT2D eigenvalue weighted by atomic mass is 32.2. The number of rotatable bonds is 3. The van der Waals surface area contributed by atoms with Gasteiger partial charge in [0.2, 0.25) is 0 Å². The maximum absolute atomic E-state index is 9.24. The number of aliphatic hydroxyl groups excluding tert-OH is 2. The third kappa shape index (κ3) is 1.97. The quantitative estimate of drug-likeness (QED) is 0.606. The van der Waals surface area contributed by atoms with E-state index in [-0.39, 0.29) is 6.61 Å². The fourth-order valence-corrected chi connectivity index (χ4v) is 1.68. The van der Waals surface area contributed by atoms with Crippen LogP contribution in [0, 0.1) is 0 Å². The standard InChI is InChI=1S/C6H11NO2S/c8-3-1-5(9)6-7-2-4-10-6/h5,8-9H,1-4H2. The molecule has 1 unspecified atom stereocenters. The zero-order chi connectivity index (χ0) is 7.40. The molecule has 0 fully saturated rings. The van der Waals surface area contributed by atoms with Crippen LogP contribution in [0.3, 0.4) is 0 Å². The summed E-state index contributed by atoms with van der Waals surface area (Å²) >= 11 is 1.58. The fraction of sp³-hybridized carbons (Fsp3) is 0.833. The maximum Gasteiger partial charge on any atom is 0.104 e. The number of hydrogen-bond acceptors (Lipinski definition) is 4. The molecule has 0 aromatic carbocycles. The Kier molecular flexibility index (Phi) is 3.18. The second kappa shape index (κ2) is 3.95. The molecule has 2 N–H and O–H groups in total. The molecule has 3 nitrogen and oxygen atoms in total. The Hall–Kier alpha value is -0.0600. The second-order valence-electron chi connectivity index (χ2n) is 2.10. The number of aliphatic hydroxyl groups is 2. The summed E-state index contributed by atoms with van der Waals surface area (Å²) in [7, 11) is 0. The van der Waals surface area contributed by atoms with E-state index >= 15 is 0 Å². The van der Waals surface area contributed by atoms with Crippen molar-refractivity contribution in [2.75, 3.05) is 18.9 Å². The van der Waals surface area contributed by atoms with E-state index in [0.717, 1.165) is 17.3 Å². The molecule has 0 saturated heterocycles. The Morgan fingerprint density at radius 1 is 1.70 bits per heavy atom. The Bertz CT molecular complexity index is 138. The van der Waals surface area contributed by atoms with Gasteiger partial charge < -0.3 is 10.2 Å². The van der Waals surface area contributed by atoms with Crippen molar-refractivity contribution in [3.8, 4) is 0 Å². The fourth-order valence-electron chi connectivity index (χ4n) is 0.799. The number of thioether (sulfide) groups is 1. The van der Waals surface area contributed by atoms with Crippen LogP contribution in [0.1, 0.15) is 6.42 Å². The van der Waals surface area contributed by atoms with Gasteiger partial charge in [-0.3, -0.25) is 4.99 Å². The molecule has 0 aromatic heterocycles. The van der Waals surface area contributed by atoms with Gasteiger partial charge in [0.15, 0.2) is 0 Å². The van der Waals surface area contributed by atoms with Crippen LogP contribution >= 0.6 is 11.8 Å². The van der Waals surface area contributed by atoms with E-state index in [4.69, 9.17) is 5.11 Å². The molecule has 0 aromatic rings. The molecule has 0 radical (unpaired) electrons. The lowest BCUT2D eigenvalue weighted by Crippen LogP contribution is -2.17. The molecule has 0 bridgehead atoms. The molecule has 1 rings (SSSR count). The lowest BCUT2D eigenvalue weighted by atomic mass is 10.3. The van der Waals surface area contributed by atoms with Gasteiger partial charge >= 0.3 is 0 Å². The van der Waals surface area contributed by atoms with E-state index in [9.17, 15) is 5.11 Å². The number of hydrogen-bond donors (Lipinski definition) is 2. The van der Waals surface area contributed by atoms with Gasteiger partial charge in [0.1, 0.15) is 6.10 Å². The van der Waals surface area contributed by atoms with Crippen molar-refractivity contribution in [3.63, 3.8) is 0 Å². The van der Waals surface area contributed by atoms with Gasteiger partial charge in [-0.1, -0.05) is 0 Å². The summed E-state index contributed by atoms with van der Waals surface area (Å²) in [5, 5.41) is 18.5. The first-order chi connectivity index (χ1) is 4.84. The molecule has 1 heterocycles. The highest BCUT2D eigenvalue weighted by Crippen LogP contribution is 2.15. The summed E-state index contributed by atoms with van der Waals surface area (Å²) in [5.74, 6) is 0.970. The monoisotopic (exact) mass is 161 g/mol. The summed E-state index contributed by atoms with van der Waals surface area (Å²) in [6.07, 6.45) is -0.122. The molecule has 1 aliphatic heterocycles. The molecular weight excluding hydrogens is 150 g/mol. The Balaban J connectivity index is 2.32. The van der Waals surface area contributed by atoms with Crippen LogP contribution < -0.4 is 0 Å². The summed E-state index contributed by atoms with van der Waals surface area (Å²) in [6, 6.07) is 0. The Morgan fingerprint density at radius 2 is 2.50 bits per heavy atom. The van der Waals surface area contributed by atoms with Crippen molar-refractivity contribution in [2.45, 2.75) is 12.5 Å². The van der Waals surface area contributed by atoms with Crippen molar-refractivity contribution >= 4 is 16.8 Å². The van der Waals surface area contributed by atoms with E-state index in [0.29, 0.717) is 6.42 Å². The van der Waals surface area contributed by atoms with E-state index in [2.05, 4.69) is 4.99 Å². The molecule has 0 aliphatic carbocycles. The lowest BCUT2D eigenvalue weighted by molar-refractivity contribution is 0.185. The van der Waals surface area contributed by atoms with Gasteiger partial charge in [0.25, 0.3) is 0 Å². The van der Waals surface area contributed by atoms with Crippen LogP contribution in [-0.4, -0.2) is 40.3 Å². The summed E-state index contributed by atoms with van der Waals surface area (Å²) in [6.45, 7) is 0.837. The van der Waals surface area contributed by atoms with Crippen LogP contribution in [0.25, 0.3) is 0 Å². The first kappa shape index (κ1) is 8.04. The van der Waals surface area contributed by atoms with Crippen LogP contribution in [0.4, 0.5) is 0 Å². The first-order valence-electron chi connectivity index (χ1n) is 3.30. The third-order valence-electron chi connectivity index (χ3n) is 1.30. The average Bonchev–Trinajstić information content (AvgIpc) is 2.38. The highest BCUT2D eigenvalue weighted by Gasteiger charge is 2.15. The van der Waals surface area contributed by atoms with Gasteiger partial charge in [0, 0.05) is 25.3 Å². The van der Waals surface area contributed by atoms with Gasteiger partial charge in [-0.15, -0.1) is 11.8 Å². The molecule has 0 saturated carbocycles. The maximum atomic E-state index is 9.24. The van der Waals surface area contributed by atoms with Gasteiger partial charge in [0.05, 0.1) is 5.04 Å². The second-order valence-corrected chi connectivity index (χ2v) is 3.21. The van der Waals surface area contributed by atoms with Gasteiger partial charge in [-0.2, -0.15) is 0 Å². The van der Waals surface area contributed by atoms with Crippen LogP contribution in [-0.2, 0) is 0 Å². The lowest BCUT2D eigenvalue weighted by Gasteiger charge is -2.06. The topological polar surface area (TPSA) is 52.8 Å². The number of nitrogens with zero attached hydrogens (tertiary/aromatic N) is 1. The normalized spacial score (nSPS) is 20.8. The summed E-state index contributed by atoms with van der Waals surface area (Å²) in [4.78, 5) is 4.07. The smallest absolute Gasteiger partial charge is 0.104 e. The minimum atomic E-state index is -0.530. The molecule has 10 heavy (non-hydrogen) atoms. The van der Waals surface area contributed by atoms with Crippen molar-refractivity contribution in [1.82, 2.24) is 0 Å². The van der Waals surface area contributed by atoms with Gasteiger partial charge in [-0.25, -0.2) is 0 Å². The van der Waals surface area contributed by atoms with Crippen molar-refractivity contribution in [3.05, 3.63) is 0 Å². The molecule has 0 amide bonds. The molecule has 1 aliphatic rings. The Morgan fingerprint density at radius 3 is 3.00 bits per heavy atom. The van der Waals surface area contributed by atoms with Crippen LogP contribution in [0.2, 0.25) is 0 Å². The SMILES string of the molecule is OCCC(O)C1=NCCS1. The van der Waals surface area contributed by atoms with Crippen molar-refractivity contribution in [1.29, 1.82) is 0 Å². The highest BCUT2D eigenvalue weighted by molar-refractivity contribution is 8.14. The largest absolute Gasteiger partial charge is 0.396 e. The van der Waals surface area contributed by atoms with E-state index in [1.54, 1.807) is 11.8 Å². The molecular formula is C6H11NO2S. The molecule has 1 atom stereocenters.